The molecule has 2 aromatic rings. The number of rotatable bonds is 8. The first-order valence-electron chi connectivity index (χ1n) is 8.59. The smallest absolute Gasteiger partial charge is 0.202 e. The Bertz CT molecular complexity index is 858. The Morgan fingerprint density at radius 1 is 1.27 bits per heavy atom. The fourth-order valence-electron chi connectivity index (χ4n) is 2.80. The summed E-state index contributed by atoms with van der Waals surface area (Å²) in [5.41, 5.74) is 13.2. The van der Waals surface area contributed by atoms with Crippen molar-refractivity contribution in [1.82, 2.24) is 4.57 Å². The van der Waals surface area contributed by atoms with E-state index in [1.807, 2.05) is 37.5 Å². The van der Waals surface area contributed by atoms with Crippen LogP contribution in [-0.4, -0.2) is 36.5 Å². The number of benzene rings is 1. The standard InChI is InChI=1S/C18H25IN4O3/c1-4-23-13-9-11(19)7-8-12(13)16(24)15(18(23)21)17(20)22-10-14(25-5-2)26-6-3/h7-9,14H,4-6,10,21H2,1-3H3,(H2,20,22). The summed E-state index contributed by atoms with van der Waals surface area (Å²) in [6, 6.07) is 5.62. The van der Waals surface area contributed by atoms with Crippen molar-refractivity contribution in [2.24, 2.45) is 10.7 Å². The zero-order chi connectivity index (χ0) is 19.3. The zero-order valence-electron chi connectivity index (χ0n) is 15.3. The maximum Gasteiger partial charge on any atom is 0.202 e. The molecule has 0 fully saturated rings. The second-order valence-corrected chi connectivity index (χ2v) is 6.81. The van der Waals surface area contributed by atoms with E-state index in [0.717, 1.165) is 9.09 Å². The van der Waals surface area contributed by atoms with Crippen molar-refractivity contribution in [1.29, 1.82) is 0 Å². The third-order valence-corrected chi connectivity index (χ3v) is 4.63. The van der Waals surface area contributed by atoms with E-state index in [4.69, 9.17) is 20.9 Å². The molecular formula is C18H25IN4O3. The maximum absolute atomic E-state index is 12.9. The van der Waals surface area contributed by atoms with Gasteiger partial charge in [0, 0.05) is 28.7 Å². The number of aliphatic imine (C=N–C) groups is 1. The summed E-state index contributed by atoms with van der Waals surface area (Å²) in [6.45, 7) is 7.53. The van der Waals surface area contributed by atoms with Gasteiger partial charge >= 0.3 is 0 Å². The van der Waals surface area contributed by atoms with E-state index in [1.54, 1.807) is 6.07 Å². The average molecular weight is 472 g/mol. The Kier molecular flexibility index (Phi) is 7.42. The lowest BCUT2D eigenvalue weighted by Gasteiger charge is -2.17. The number of anilines is 1. The van der Waals surface area contributed by atoms with Crippen LogP contribution in [0.3, 0.4) is 0 Å². The highest BCUT2D eigenvalue weighted by Gasteiger charge is 2.18. The Balaban J connectivity index is 2.53. The molecule has 8 heteroatoms. The molecule has 0 aliphatic rings. The largest absolute Gasteiger partial charge is 0.384 e. The van der Waals surface area contributed by atoms with Crippen LogP contribution in [-0.2, 0) is 16.0 Å². The van der Waals surface area contributed by atoms with Gasteiger partial charge in [0.15, 0.2) is 6.29 Å². The molecule has 142 valence electrons. The summed E-state index contributed by atoms with van der Waals surface area (Å²) in [4.78, 5) is 17.3. The van der Waals surface area contributed by atoms with Crippen LogP contribution in [0.5, 0.6) is 0 Å². The first-order valence-corrected chi connectivity index (χ1v) is 9.67. The molecule has 7 nitrogen and oxygen atoms in total. The second-order valence-electron chi connectivity index (χ2n) is 5.56. The first-order chi connectivity index (χ1) is 12.4. The number of pyridine rings is 1. The van der Waals surface area contributed by atoms with Gasteiger partial charge in [-0.25, -0.2) is 0 Å². The van der Waals surface area contributed by atoms with E-state index in [9.17, 15) is 4.79 Å². The highest BCUT2D eigenvalue weighted by atomic mass is 127. The Labute approximate surface area is 166 Å². The number of aromatic nitrogens is 1. The minimum absolute atomic E-state index is 0.0968. The number of nitrogens with two attached hydrogens (primary N) is 2. The van der Waals surface area contributed by atoms with Gasteiger partial charge in [-0.05, 0) is 61.6 Å². The number of hydrogen-bond acceptors (Lipinski definition) is 5. The van der Waals surface area contributed by atoms with Crippen molar-refractivity contribution in [2.45, 2.75) is 33.6 Å². The molecule has 0 aliphatic carbocycles. The summed E-state index contributed by atoms with van der Waals surface area (Å²) in [6.07, 6.45) is -0.500. The lowest BCUT2D eigenvalue weighted by atomic mass is 10.1. The molecule has 0 aliphatic heterocycles. The zero-order valence-corrected chi connectivity index (χ0v) is 17.4. The van der Waals surface area contributed by atoms with Crippen LogP contribution in [0.1, 0.15) is 26.3 Å². The summed E-state index contributed by atoms with van der Waals surface area (Å²) < 4.78 is 13.8. The van der Waals surface area contributed by atoms with Gasteiger partial charge in [0.2, 0.25) is 5.43 Å². The lowest BCUT2D eigenvalue weighted by Crippen LogP contribution is -2.30. The summed E-state index contributed by atoms with van der Waals surface area (Å²) in [5, 5.41) is 0.570. The number of halogens is 1. The molecular weight excluding hydrogens is 447 g/mol. The Morgan fingerprint density at radius 2 is 1.92 bits per heavy atom. The van der Waals surface area contributed by atoms with Crippen LogP contribution < -0.4 is 16.9 Å². The Morgan fingerprint density at radius 3 is 2.50 bits per heavy atom. The van der Waals surface area contributed by atoms with Crippen LogP contribution in [0, 0.1) is 3.57 Å². The van der Waals surface area contributed by atoms with Gasteiger partial charge in [-0.3, -0.25) is 9.79 Å². The van der Waals surface area contributed by atoms with Crippen molar-refractivity contribution in [2.75, 3.05) is 25.5 Å². The molecule has 0 spiro atoms. The van der Waals surface area contributed by atoms with E-state index in [-0.39, 0.29) is 23.4 Å². The third-order valence-electron chi connectivity index (χ3n) is 3.96. The molecule has 0 atom stereocenters. The molecule has 0 saturated heterocycles. The monoisotopic (exact) mass is 472 g/mol. The highest BCUT2D eigenvalue weighted by molar-refractivity contribution is 14.1. The quantitative estimate of drug-likeness (QED) is 0.266. The lowest BCUT2D eigenvalue weighted by molar-refractivity contribution is -0.128. The van der Waals surface area contributed by atoms with Crippen molar-refractivity contribution < 1.29 is 9.47 Å². The summed E-state index contributed by atoms with van der Waals surface area (Å²) >= 11 is 2.21. The number of aryl methyl sites for hydroxylation is 1. The van der Waals surface area contributed by atoms with Crippen molar-refractivity contribution in [3.8, 4) is 0 Å². The van der Waals surface area contributed by atoms with Gasteiger partial charge < -0.3 is 25.5 Å². The number of fused-ring (bicyclic) bond motifs is 1. The van der Waals surface area contributed by atoms with E-state index < -0.39 is 6.29 Å². The van der Waals surface area contributed by atoms with Crippen molar-refractivity contribution >= 4 is 45.1 Å². The normalized spacial score (nSPS) is 12.3. The summed E-state index contributed by atoms with van der Waals surface area (Å²) in [7, 11) is 0. The molecule has 1 aromatic heterocycles. The number of hydrogen-bond donors (Lipinski definition) is 2. The minimum Gasteiger partial charge on any atom is -0.384 e. The van der Waals surface area contributed by atoms with E-state index >= 15 is 0 Å². The van der Waals surface area contributed by atoms with Crippen LogP contribution in [0.4, 0.5) is 5.82 Å². The van der Waals surface area contributed by atoms with Crippen LogP contribution in [0.15, 0.2) is 28.0 Å². The van der Waals surface area contributed by atoms with Gasteiger partial charge in [-0.1, -0.05) is 0 Å². The van der Waals surface area contributed by atoms with Gasteiger partial charge in [0.1, 0.15) is 17.2 Å². The molecule has 0 radical (unpaired) electrons. The van der Waals surface area contributed by atoms with E-state index in [1.165, 1.54) is 0 Å². The fourth-order valence-corrected chi connectivity index (χ4v) is 3.28. The van der Waals surface area contributed by atoms with E-state index in [0.29, 0.717) is 31.0 Å². The molecule has 0 bridgehead atoms. The van der Waals surface area contributed by atoms with Gasteiger partial charge in [0.25, 0.3) is 0 Å². The van der Waals surface area contributed by atoms with Gasteiger partial charge in [-0.2, -0.15) is 0 Å². The van der Waals surface area contributed by atoms with E-state index in [2.05, 4.69) is 27.6 Å². The van der Waals surface area contributed by atoms with Crippen LogP contribution in [0.25, 0.3) is 10.9 Å². The number of amidine groups is 1. The third kappa shape index (κ3) is 4.36. The summed E-state index contributed by atoms with van der Waals surface area (Å²) in [5.74, 6) is 0.414. The fraction of sp³-hybridized carbons (Fsp3) is 0.444. The molecule has 2 rings (SSSR count). The topological polar surface area (TPSA) is 105 Å². The number of nitrogen functional groups attached to an aromatic ring is 1. The molecule has 1 aromatic carbocycles. The molecule has 0 amide bonds. The highest BCUT2D eigenvalue weighted by Crippen LogP contribution is 2.20. The van der Waals surface area contributed by atoms with Crippen LogP contribution >= 0.6 is 22.6 Å². The molecule has 0 saturated carbocycles. The predicted octanol–water partition coefficient (Wildman–Crippen LogP) is 2.31. The average Bonchev–Trinajstić information content (AvgIpc) is 2.60. The van der Waals surface area contributed by atoms with Crippen molar-refractivity contribution in [3.05, 3.63) is 37.6 Å². The SMILES string of the molecule is CCOC(CN=C(N)c1c(N)n(CC)c2cc(I)ccc2c1=O)OCC. The van der Waals surface area contributed by atoms with Gasteiger partial charge in [0.05, 0.1) is 12.1 Å². The number of ether oxygens (including phenoxy) is 2. The molecule has 4 N–H and O–H groups in total. The van der Waals surface area contributed by atoms with Crippen molar-refractivity contribution in [3.63, 3.8) is 0 Å². The molecule has 1 heterocycles. The predicted molar refractivity (Wildman–Crippen MR) is 114 cm³/mol. The first kappa shape index (κ1) is 20.7. The maximum atomic E-state index is 12.9. The minimum atomic E-state index is -0.500. The second kappa shape index (κ2) is 9.33. The Hall–Kier alpha value is -1.65. The molecule has 26 heavy (non-hydrogen) atoms. The number of nitrogens with zero attached hydrogens (tertiary/aromatic N) is 2. The van der Waals surface area contributed by atoms with Gasteiger partial charge in [-0.15, -0.1) is 0 Å². The molecule has 0 unspecified atom stereocenters. The van der Waals surface area contributed by atoms with Crippen LogP contribution in [0.2, 0.25) is 0 Å².